The largest absolute Gasteiger partial charge is 0.534 e. The number of amides is 5. The van der Waals surface area contributed by atoms with Crippen molar-refractivity contribution in [3.63, 3.8) is 0 Å². The number of allylic oxidation sites excluding steroid dienone is 4. The van der Waals surface area contributed by atoms with Gasteiger partial charge in [-0.2, -0.15) is 26.3 Å². The number of hydrogen-bond acceptors (Lipinski definition) is 14. The molecule has 8 aliphatic carbocycles. The topological polar surface area (TPSA) is 222 Å². The van der Waals surface area contributed by atoms with E-state index >= 15 is 0 Å². The van der Waals surface area contributed by atoms with E-state index in [-0.39, 0.29) is 102 Å². The minimum absolute atomic E-state index is 0.0116. The van der Waals surface area contributed by atoms with Gasteiger partial charge < -0.3 is 34.1 Å². The fourth-order valence-corrected chi connectivity index (χ4v) is 21.9. The second kappa shape index (κ2) is 26.5. The van der Waals surface area contributed by atoms with Crippen LogP contribution in [0.5, 0.6) is 0 Å². The summed E-state index contributed by atoms with van der Waals surface area (Å²) >= 11 is 0. The summed E-state index contributed by atoms with van der Waals surface area (Å²) in [6.07, 6.45) is 1.59. The number of piperidine rings is 2. The van der Waals surface area contributed by atoms with Crippen molar-refractivity contribution in [2.75, 3.05) is 19.6 Å². The molecule has 20 atom stereocenters. The van der Waals surface area contributed by atoms with E-state index in [9.17, 15) is 69.5 Å². The Hall–Kier alpha value is -6.69. The molecule has 4 saturated carbocycles. The molecule has 100 heavy (non-hydrogen) atoms. The van der Waals surface area contributed by atoms with Gasteiger partial charge in [0.05, 0.1) is 35.5 Å². The maximum Gasteiger partial charge on any atom is 0.534 e. The molecular formula is C76H94F6N4O14. The highest BCUT2D eigenvalue weighted by atomic mass is 19.4. The Balaban J connectivity index is 0.000000180. The standard InChI is InChI=1S/C42H53F3N2O6.C34H41F3N2O8/c1-24-21-33-36(47(23-24)38(50)42(43,44)45)26(3)41(53-33)19-17-31-32-15-13-28-22-30(16-18-40(28,4)35(32)37(49)34(31)25(41)2)52-39(51)46-20-8-11-29(48)14-12-27-9-6-5-7-10-27;1-16-13-23-28(38(15-16)30(43)34(35,36)37)18(3)33(46-23)12-10-21-22-6-5-19-14-20(45-31(44)47-39-24(40)7-8-25(39)41)9-11-32(19,4)27(22)29(42)26(21)17(33)2/h5-7,9-10,13,24,26,30-33,35-36H,8,11-12,14-23H2,1-4H3,(H,46,51);5,16,18,20-23,27-28H,6-15H2,1-4H3/t24-,26+,30-,31-,32-,33+,35+,36-,40-,41-;16-,18+,20-,21-,22-,23+,27+,28-,32-,33-/m00/s1. The summed E-state index contributed by atoms with van der Waals surface area (Å²) in [5, 5.41) is 3.26. The quantitative estimate of drug-likeness (QED) is 0.0757. The molecule has 14 rings (SSSR count). The number of likely N-dealkylation sites (tertiary alicyclic amines) is 2. The third-order valence-electron chi connectivity index (χ3n) is 26.6. The smallest absolute Gasteiger partial charge is 0.446 e. The molecule has 2 spiro atoms. The van der Waals surface area contributed by atoms with Gasteiger partial charge in [0.2, 0.25) is 0 Å². The van der Waals surface area contributed by atoms with Crippen LogP contribution in [0.1, 0.15) is 183 Å². The predicted octanol–water partition coefficient (Wildman–Crippen LogP) is 12.9. The molecule has 0 unspecified atom stereocenters. The monoisotopic (exact) mass is 1400 g/mol. The van der Waals surface area contributed by atoms with Crippen molar-refractivity contribution < 1.29 is 93.3 Å². The molecule has 1 aromatic carbocycles. The first kappa shape index (κ1) is 71.7. The number of ketones is 3. The molecular weight excluding hydrogens is 1310 g/mol. The predicted molar refractivity (Wildman–Crippen MR) is 348 cm³/mol. The Bertz CT molecular complexity index is 3650. The molecule has 0 aromatic heterocycles. The summed E-state index contributed by atoms with van der Waals surface area (Å²) in [7, 11) is 0. The van der Waals surface area contributed by atoms with Crippen LogP contribution in [0.3, 0.4) is 0 Å². The number of nitrogens with zero attached hydrogens (tertiary/aromatic N) is 3. The van der Waals surface area contributed by atoms with Crippen molar-refractivity contribution in [1.82, 2.24) is 20.2 Å². The van der Waals surface area contributed by atoms with Gasteiger partial charge in [-0.1, -0.05) is 100 Å². The number of alkyl halides is 6. The Morgan fingerprint density at radius 3 is 1.54 bits per heavy atom. The zero-order valence-electron chi connectivity index (χ0n) is 58.4. The Morgan fingerprint density at radius 2 is 1.08 bits per heavy atom. The second-order valence-electron chi connectivity index (χ2n) is 32.1. The highest BCUT2D eigenvalue weighted by Gasteiger charge is 2.68. The summed E-state index contributed by atoms with van der Waals surface area (Å²) in [5.41, 5.74) is 3.86. The molecule has 1 N–H and O–H groups in total. The Morgan fingerprint density at radius 1 is 0.620 bits per heavy atom. The first-order chi connectivity index (χ1) is 47.2. The molecule has 5 heterocycles. The number of Topliss-reactive ketones (excluding diaryl/α,β-unsaturated/α-hetero) is 3. The maximum atomic E-state index is 14.7. The lowest BCUT2D eigenvalue weighted by atomic mass is 9.56. The number of alkyl carbamates (subject to hydrolysis) is 1. The van der Waals surface area contributed by atoms with Gasteiger partial charge in [0.1, 0.15) is 18.0 Å². The van der Waals surface area contributed by atoms with E-state index in [2.05, 4.69) is 31.3 Å². The molecule has 0 radical (unpaired) electrons. The Labute approximate surface area is 579 Å². The van der Waals surface area contributed by atoms with Gasteiger partial charge >= 0.3 is 36.4 Å². The number of halogens is 6. The van der Waals surface area contributed by atoms with Gasteiger partial charge in [-0.15, -0.1) is 0 Å². The molecule has 0 bridgehead atoms. The summed E-state index contributed by atoms with van der Waals surface area (Å²) in [4.78, 5) is 122. The van der Waals surface area contributed by atoms with Crippen LogP contribution < -0.4 is 5.32 Å². The fourth-order valence-electron chi connectivity index (χ4n) is 21.9. The highest BCUT2D eigenvalue weighted by molar-refractivity contribution is 6.04. The van der Waals surface area contributed by atoms with Gasteiger partial charge in [0, 0.05) is 93.0 Å². The van der Waals surface area contributed by atoms with Crippen molar-refractivity contribution in [2.24, 2.45) is 70.0 Å². The number of rotatable bonds is 10. The van der Waals surface area contributed by atoms with E-state index in [4.69, 9.17) is 23.8 Å². The maximum absolute atomic E-state index is 14.7. The zero-order chi connectivity index (χ0) is 71.7. The second-order valence-corrected chi connectivity index (χ2v) is 32.1. The van der Waals surface area contributed by atoms with Crippen LogP contribution in [0.25, 0.3) is 0 Å². The van der Waals surface area contributed by atoms with Crippen molar-refractivity contribution in [1.29, 1.82) is 0 Å². The molecule has 1 aromatic rings. The lowest BCUT2D eigenvalue weighted by Crippen LogP contribution is -2.57. The minimum Gasteiger partial charge on any atom is -0.446 e. The van der Waals surface area contributed by atoms with Crippen LogP contribution in [0.15, 0.2) is 75.9 Å². The summed E-state index contributed by atoms with van der Waals surface area (Å²) in [6, 6.07) is 8.48. The van der Waals surface area contributed by atoms with Gasteiger partial charge in [-0.25, -0.2) is 9.59 Å². The summed E-state index contributed by atoms with van der Waals surface area (Å²) < 4.78 is 107. The summed E-state index contributed by atoms with van der Waals surface area (Å²) in [6.45, 7) is 16.0. The molecule has 5 aliphatic heterocycles. The van der Waals surface area contributed by atoms with Crippen LogP contribution in [0.2, 0.25) is 0 Å². The first-order valence-corrected chi connectivity index (χ1v) is 36.5. The lowest BCUT2D eigenvalue weighted by molar-refractivity contribution is -0.192. The van der Waals surface area contributed by atoms with E-state index in [1.807, 2.05) is 71.9 Å². The molecule has 544 valence electrons. The molecule has 5 amide bonds. The number of imide groups is 1. The molecule has 18 nitrogen and oxygen atoms in total. The molecule has 24 heteroatoms. The first-order valence-electron chi connectivity index (χ1n) is 36.5. The molecule has 5 saturated heterocycles. The van der Waals surface area contributed by atoms with E-state index in [1.54, 1.807) is 0 Å². The van der Waals surface area contributed by atoms with Gasteiger partial charge in [-0.05, 0) is 167 Å². The summed E-state index contributed by atoms with van der Waals surface area (Å²) in [5.74, 6) is -5.77. The fraction of sp³-hybridized carbons (Fsp3) is 0.697. The third-order valence-corrected chi connectivity index (χ3v) is 26.6. The molecule has 13 aliphatic rings. The number of fused-ring (bicyclic) bond motifs is 12. The highest BCUT2D eigenvalue weighted by Crippen LogP contribution is 2.67. The van der Waals surface area contributed by atoms with Crippen LogP contribution in [0, 0.1) is 70.0 Å². The van der Waals surface area contributed by atoms with Crippen LogP contribution in [-0.4, -0.2) is 148 Å². The number of hydroxylamine groups is 2. The van der Waals surface area contributed by atoms with E-state index in [1.165, 1.54) is 0 Å². The number of hydrogen-bond donors (Lipinski definition) is 1. The van der Waals surface area contributed by atoms with E-state index < -0.39 is 107 Å². The zero-order valence-corrected chi connectivity index (χ0v) is 58.4. The number of benzene rings is 1. The normalized spacial score (nSPS) is 38.7. The van der Waals surface area contributed by atoms with Crippen LogP contribution in [-0.2, 0) is 63.8 Å². The average Bonchev–Trinajstić information content (AvgIpc) is 1.54. The lowest BCUT2D eigenvalue weighted by Gasteiger charge is -2.48. The number of carbonyl (C=O) groups excluding carboxylic acids is 9. The Kier molecular flexibility index (Phi) is 19.0. The van der Waals surface area contributed by atoms with Gasteiger partial charge in [0.15, 0.2) is 11.6 Å². The number of nitrogens with one attached hydrogen (secondary N) is 1. The van der Waals surface area contributed by atoms with Crippen molar-refractivity contribution >= 4 is 53.2 Å². The third kappa shape index (κ3) is 12.3. The van der Waals surface area contributed by atoms with Gasteiger partial charge in [-0.3, -0.25) is 38.4 Å². The average molecular weight is 1400 g/mol. The number of ether oxygens (including phenoxy) is 4. The van der Waals surface area contributed by atoms with Crippen molar-refractivity contribution in [3.05, 3.63) is 81.5 Å². The SMILES string of the molecule is CC1=C2C(=O)[C@H]3[C@@H](CC=C4C[C@@H](OC(=O)NCCCC(=O)CCc5ccccc5)CC[C@@]43C)[C@@H]2CC[C@]12O[C@@H]1C[C@H](C)CN(C(=O)C(F)(F)F)[C@H]1[C@H]2C.CC1=C2C(=O)[C@H]3[C@@H](CC=C4C[C@@H](OC(=O)ON5C(=O)CCC5=O)CC[C@@]43C)[C@@H]2CC[C@]12O[C@@H]1C[C@H](C)CN(C(=O)C(F)(F)F)[C@H]1[C@H]2C. The van der Waals surface area contributed by atoms with Crippen LogP contribution in [0.4, 0.5) is 35.9 Å². The number of carbonyl (C=O) groups is 9. The van der Waals surface area contributed by atoms with E-state index in [0.717, 1.165) is 61.6 Å². The van der Waals surface area contributed by atoms with Gasteiger partial charge in [0.25, 0.3) is 11.8 Å². The number of aryl methyl sites for hydroxylation is 1. The van der Waals surface area contributed by atoms with E-state index in [0.29, 0.717) is 114 Å². The van der Waals surface area contributed by atoms with Crippen molar-refractivity contribution in [3.8, 4) is 0 Å². The molecule has 9 fully saturated rings. The minimum atomic E-state index is -4.98. The van der Waals surface area contributed by atoms with Crippen LogP contribution >= 0.6 is 0 Å². The van der Waals surface area contributed by atoms with Crippen molar-refractivity contribution in [2.45, 2.75) is 244 Å².